The smallest absolute Gasteiger partial charge is 0.261 e. The van der Waals surface area contributed by atoms with Crippen LogP contribution in [0.25, 0.3) is 11.4 Å². The first-order chi connectivity index (χ1) is 13.2. The minimum atomic E-state index is -0.233. The number of rotatable bonds is 6. The van der Waals surface area contributed by atoms with Crippen molar-refractivity contribution in [2.75, 3.05) is 12.3 Å². The van der Waals surface area contributed by atoms with Crippen molar-refractivity contribution < 1.29 is 9.59 Å². The van der Waals surface area contributed by atoms with E-state index in [2.05, 4.69) is 34.2 Å². The number of carbonyl (C=O) groups is 2. The van der Waals surface area contributed by atoms with Crippen molar-refractivity contribution >= 4 is 23.6 Å². The van der Waals surface area contributed by atoms with Gasteiger partial charge in [0.25, 0.3) is 11.8 Å². The normalized spacial score (nSPS) is 13.3. The Kier molecular flexibility index (Phi) is 4.77. The van der Waals surface area contributed by atoms with Crippen LogP contribution in [-0.4, -0.2) is 44.2 Å². The number of amides is 2. The van der Waals surface area contributed by atoms with E-state index in [-0.39, 0.29) is 11.8 Å². The predicted molar refractivity (Wildman–Crippen MR) is 104 cm³/mol. The molecule has 6 nitrogen and oxygen atoms in total. The third kappa shape index (κ3) is 3.38. The van der Waals surface area contributed by atoms with Crippen molar-refractivity contribution in [3.05, 3.63) is 65.2 Å². The van der Waals surface area contributed by atoms with Crippen LogP contribution in [0.15, 0.2) is 53.7 Å². The SMILES string of the molecule is CCc1ccc(-c2nc(SCCN3C(=O)c4ccccc4C3=O)n[nH]2)cc1. The van der Waals surface area contributed by atoms with Crippen molar-refractivity contribution in [3.8, 4) is 11.4 Å². The third-order valence-corrected chi connectivity index (χ3v) is 5.35. The molecule has 136 valence electrons. The summed E-state index contributed by atoms with van der Waals surface area (Å²) in [7, 11) is 0. The molecule has 4 rings (SSSR count). The Hall–Kier alpha value is -2.93. The molecule has 0 spiro atoms. The Balaban J connectivity index is 1.37. The van der Waals surface area contributed by atoms with E-state index in [4.69, 9.17) is 0 Å². The van der Waals surface area contributed by atoms with Crippen LogP contribution in [0.2, 0.25) is 0 Å². The van der Waals surface area contributed by atoms with Gasteiger partial charge in [-0.15, -0.1) is 5.10 Å². The summed E-state index contributed by atoms with van der Waals surface area (Å²) in [5, 5.41) is 7.75. The van der Waals surface area contributed by atoms with Crippen molar-refractivity contribution in [2.45, 2.75) is 18.5 Å². The summed E-state index contributed by atoms with van der Waals surface area (Å²) in [5.74, 6) is 0.782. The van der Waals surface area contributed by atoms with Crippen LogP contribution in [0.4, 0.5) is 0 Å². The molecule has 27 heavy (non-hydrogen) atoms. The molecular weight excluding hydrogens is 360 g/mol. The first kappa shape index (κ1) is 17.5. The highest BCUT2D eigenvalue weighted by Gasteiger charge is 2.34. The Labute approximate surface area is 161 Å². The number of H-pyrrole nitrogens is 1. The first-order valence-electron chi connectivity index (χ1n) is 8.77. The predicted octanol–water partition coefficient (Wildman–Crippen LogP) is 3.42. The molecule has 7 heteroatoms. The van der Waals surface area contributed by atoms with E-state index in [0.29, 0.717) is 34.4 Å². The minimum absolute atomic E-state index is 0.233. The van der Waals surface area contributed by atoms with E-state index in [1.807, 2.05) is 12.1 Å². The highest BCUT2D eigenvalue weighted by Crippen LogP contribution is 2.24. The van der Waals surface area contributed by atoms with Crippen molar-refractivity contribution in [1.29, 1.82) is 0 Å². The van der Waals surface area contributed by atoms with Crippen LogP contribution < -0.4 is 0 Å². The van der Waals surface area contributed by atoms with Crippen molar-refractivity contribution in [3.63, 3.8) is 0 Å². The number of hydrogen-bond donors (Lipinski definition) is 1. The number of fused-ring (bicyclic) bond motifs is 1. The lowest BCUT2D eigenvalue weighted by atomic mass is 10.1. The number of imide groups is 1. The van der Waals surface area contributed by atoms with Crippen molar-refractivity contribution in [1.82, 2.24) is 20.1 Å². The zero-order valence-corrected chi connectivity index (χ0v) is 15.6. The molecule has 1 aliphatic heterocycles. The monoisotopic (exact) mass is 378 g/mol. The van der Waals surface area contributed by atoms with Crippen LogP contribution in [0, 0.1) is 0 Å². The lowest BCUT2D eigenvalue weighted by Gasteiger charge is -2.12. The molecule has 2 heterocycles. The van der Waals surface area contributed by atoms with Crippen LogP contribution in [-0.2, 0) is 6.42 Å². The van der Waals surface area contributed by atoms with Gasteiger partial charge in [0.1, 0.15) is 0 Å². The summed E-state index contributed by atoms with van der Waals surface area (Å²) in [4.78, 5) is 30.5. The minimum Gasteiger partial charge on any atom is -0.273 e. The van der Waals surface area contributed by atoms with Gasteiger partial charge < -0.3 is 0 Å². The summed E-state index contributed by atoms with van der Waals surface area (Å²) in [5.41, 5.74) is 3.20. The number of nitrogens with zero attached hydrogens (tertiary/aromatic N) is 3. The number of aromatic nitrogens is 3. The Morgan fingerprint density at radius 2 is 1.67 bits per heavy atom. The molecule has 0 bridgehead atoms. The zero-order valence-electron chi connectivity index (χ0n) is 14.8. The molecule has 0 saturated heterocycles. The van der Waals surface area contributed by atoms with Gasteiger partial charge in [-0.25, -0.2) is 4.98 Å². The number of carbonyl (C=O) groups excluding carboxylic acids is 2. The fraction of sp³-hybridized carbons (Fsp3) is 0.200. The van der Waals surface area contributed by atoms with Gasteiger partial charge in [-0.3, -0.25) is 19.6 Å². The van der Waals surface area contributed by atoms with Crippen LogP contribution in [0.1, 0.15) is 33.2 Å². The van der Waals surface area contributed by atoms with Crippen LogP contribution >= 0.6 is 11.8 Å². The molecule has 1 aliphatic rings. The summed E-state index contributed by atoms with van der Waals surface area (Å²) in [6, 6.07) is 15.1. The topological polar surface area (TPSA) is 79.0 Å². The fourth-order valence-electron chi connectivity index (χ4n) is 3.01. The maximum Gasteiger partial charge on any atom is 0.261 e. The second kappa shape index (κ2) is 7.36. The van der Waals surface area contributed by atoms with Crippen LogP contribution in [0.5, 0.6) is 0 Å². The molecule has 2 aromatic carbocycles. The zero-order chi connectivity index (χ0) is 18.8. The number of benzene rings is 2. The van der Waals surface area contributed by atoms with E-state index >= 15 is 0 Å². The van der Waals surface area contributed by atoms with Gasteiger partial charge >= 0.3 is 0 Å². The molecule has 1 N–H and O–H groups in total. The fourth-order valence-corrected chi connectivity index (χ4v) is 3.73. The molecule has 0 fully saturated rings. The van der Waals surface area contributed by atoms with E-state index in [1.54, 1.807) is 24.3 Å². The average molecular weight is 378 g/mol. The van der Waals surface area contributed by atoms with Gasteiger partial charge in [0.05, 0.1) is 11.1 Å². The molecule has 1 aromatic heterocycles. The quantitative estimate of drug-likeness (QED) is 0.525. The van der Waals surface area contributed by atoms with Crippen LogP contribution in [0.3, 0.4) is 0 Å². The van der Waals surface area contributed by atoms with Crippen molar-refractivity contribution in [2.24, 2.45) is 0 Å². The molecule has 0 atom stereocenters. The third-order valence-electron chi connectivity index (χ3n) is 4.52. The summed E-state index contributed by atoms with van der Waals surface area (Å²) >= 11 is 1.41. The van der Waals surface area contributed by atoms with E-state index in [0.717, 1.165) is 12.0 Å². The van der Waals surface area contributed by atoms with E-state index < -0.39 is 0 Å². The Morgan fingerprint density at radius 1 is 1.00 bits per heavy atom. The van der Waals surface area contributed by atoms with E-state index in [9.17, 15) is 9.59 Å². The lowest BCUT2D eigenvalue weighted by molar-refractivity contribution is 0.0664. The largest absolute Gasteiger partial charge is 0.273 e. The summed E-state index contributed by atoms with van der Waals surface area (Å²) in [6.07, 6.45) is 0.996. The van der Waals surface area contributed by atoms with Gasteiger partial charge in [0, 0.05) is 17.9 Å². The molecule has 0 aliphatic carbocycles. The second-order valence-corrected chi connectivity index (χ2v) is 7.24. The molecular formula is C20H18N4O2S. The number of hydrogen-bond acceptors (Lipinski definition) is 5. The number of nitrogens with one attached hydrogen (secondary N) is 1. The number of aromatic amines is 1. The van der Waals surface area contributed by atoms with E-state index in [1.165, 1.54) is 22.2 Å². The van der Waals surface area contributed by atoms with Gasteiger partial charge in [0.15, 0.2) is 5.82 Å². The lowest BCUT2D eigenvalue weighted by Crippen LogP contribution is -2.31. The maximum absolute atomic E-state index is 12.3. The first-order valence-corrected chi connectivity index (χ1v) is 9.75. The highest BCUT2D eigenvalue weighted by molar-refractivity contribution is 7.99. The van der Waals surface area contributed by atoms with Gasteiger partial charge in [-0.05, 0) is 24.1 Å². The average Bonchev–Trinajstić information content (AvgIpc) is 3.27. The summed E-state index contributed by atoms with van der Waals surface area (Å²) < 4.78 is 0. The molecule has 0 saturated carbocycles. The second-order valence-electron chi connectivity index (χ2n) is 6.17. The Morgan fingerprint density at radius 3 is 2.30 bits per heavy atom. The van der Waals surface area contributed by atoms with Gasteiger partial charge in [-0.2, -0.15) is 0 Å². The molecule has 0 radical (unpaired) electrons. The van der Waals surface area contributed by atoms with Gasteiger partial charge in [-0.1, -0.05) is 55.1 Å². The van der Waals surface area contributed by atoms with Gasteiger partial charge in [0.2, 0.25) is 5.16 Å². The summed E-state index contributed by atoms with van der Waals surface area (Å²) in [6.45, 7) is 2.44. The number of thioether (sulfide) groups is 1. The molecule has 0 unspecified atom stereocenters. The maximum atomic E-state index is 12.3. The Bertz CT molecular complexity index is 962. The molecule has 2 amide bonds. The number of aryl methyl sites for hydroxylation is 1. The molecule has 3 aromatic rings. The highest BCUT2D eigenvalue weighted by atomic mass is 32.2. The standard InChI is InChI=1S/C20H18N4O2S/c1-2-13-7-9-14(10-8-13)17-21-20(23-22-17)27-12-11-24-18(25)15-5-3-4-6-16(15)19(24)26/h3-10H,2,11-12H2,1H3,(H,21,22,23).